The van der Waals surface area contributed by atoms with Crippen LogP contribution in [0.5, 0.6) is 0 Å². The van der Waals surface area contributed by atoms with Crippen LogP contribution in [0.3, 0.4) is 0 Å². The molecule has 0 bridgehead atoms. The van der Waals surface area contributed by atoms with Crippen LogP contribution in [0.4, 0.5) is 0 Å². The highest BCUT2D eigenvalue weighted by Gasteiger charge is 2.04. The molecule has 0 saturated heterocycles. The summed E-state index contributed by atoms with van der Waals surface area (Å²) in [6.07, 6.45) is 17.6. The van der Waals surface area contributed by atoms with Crippen molar-refractivity contribution in [1.29, 1.82) is 0 Å². The number of aryl methyl sites for hydroxylation is 2. The molecule has 0 saturated carbocycles. The zero-order valence-corrected chi connectivity index (χ0v) is 17.4. The molecular weight excluding hydrogens is 339 g/mol. The molecule has 148 valence electrons. The van der Waals surface area contributed by atoms with E-state index in [2.05, 4.69) is 50.9 Å². The minimum Gasteiger partial charge on any atom is -0.756 e. The summed E-state index contributed by atoms with van der Waals surface area (Å²) in [5, 5.41) is 0. The molecule has 0 spiro atoms. The summed E-state index contributed by atoms with van der Waals surface area (Å²) in [4.78, 5) is 10.4. The van der Waals surface area contributed by atoms with E-state index in [1.165, 1.54) is 57.9 Å². The Morgan fingerprint density at radius 3 is 1.92 bits per heavy atom. The van der Waals surface area contributed by atoms with Gasteiger partial charge in [-0.05, 0) is 26.7 Å². The minimum absolute atomic E-state index is 0.126. The molecule has 6 nitrogen and oxygen atoms in total. The lowest BCUT2D eigenvalue weighted by Gasteiger charge is -2.20. The van der Waals surface area contributed by atoms with Crippen LogP contribution in [0, 0.1) is 0 Å². The molecule has 0 unspecified atom stereocenters. The van der Waals surface area contributed by atoms with E-state index in [-0.39, 0.29) is 13.2 Å². The Balaban J connectivity index is 0.000000547. The minimum atomic E-state index is -3.94. The van der Waals surface area contributed by atoms with Crippen LogP contribution in [-0.2, 0) is 27.2 Å². The van der Waals surface area contributed by atoms with E-state index in [1.807, 2.05) is 0 Å². The van der Waals surface area contributed by atoms with Gasteiger partial charge in [0.2, 0.25) is 6.33 Å². The molecule has 0 amide bonds. The summed E-state index contributed by atoms with van der Waals surface area (Å²) in [7, 11) is -1.87. The second-order valence-electron chi connectivity index (χ2n) is 6.07. The van der Waals surface area contributed by atoms with Crippen LogP contribution in [-0.4, -0.2) is 17.8 Å². The third-order valence-corrected chi connectivity index (χ3v) is 4.82. The van der Waals surface area contributed by atoms with Crippen LogP contribution >= 0.6 is 7.82 Å². The summed E-state index contributed by atoms with van der Waals surface area (Å²) in [5.41, 5.74) is 0. The lowest BCUT2D eigenvalue weighted by Crippen LogP contribution is -2.30. The van der Waals surface area contributed by atoms with E-state index in [1.54, 1.807) is 13.8 Å². The Morgan fingerprint density at radius 1 is 0.960 bits per heavy atom. The standard InChI is InChI=1S/C14H27N2.C4H11O4P/c1-3-4-5-6-7-8-9-10-11-16-13-12-15(2)14-16;1-3-7-9(5,6)8-4-2/h12-14H,3-11H2,1-2H3;3-4H2,1-2H3,(H,5,6)/q+1;/p-1. The average molecular weight is 376 g/mol. The van der Waals surface area contributed by atoms with Crippen molar-refractivity contribution in [3.8, 4) is 0 Å². The van der Waals surface area contributed by atoms with Crippen LogP contribution < -0.4 is 9.46 Å². The topological polar surface area (TPSA) is 67.4 Å². The fourth-order valence-electron chi connectivity index (χ4n) is 2.42. The maximum absolute atomic E-state index is 10.4. The van der Waals surface area contributed by atoms with Crippen molar-refractivity contribution in [2.24, 2.45) is 7.05 Å². The fraction of sp³-hybridized carbons (Fsp3) is 0.833. The van der Waals surface area contributed by atoms with Gasteiger partial charge in [-0.3, -0.25) is 4.57 Å². The molecule has 0 aromatic carbocycles. The molecule has 0 aliphatic heterocycles. The van der Waals surface area contributed by atoms with Crippen molar-refractivity contribution in [3.05, 3.63) is 18.7 Å². The van der Waals surface area contributed by atoms with Crippen LogP contribution in [0.15, 0.2) is 18.7 Å². The molecule has 1 aromatic heterocycles. The summed E-state index contributed by atoms with van der Waals surface area (Å²) >= 11 is 0. The smallest absolute Gasteiger partial charge is 0.267 e. The second-order valence-corrected chi connectivity index (χ2v) is 7.49. The van der Waals surface area contributed by atoms with E-state index in [0.29, 0.717) is 0 Å². The van der Waals surface area contributed by atoms with Crippen LogP contribution in [0.1, 0.15) is 72.1 Å². The van der Waals surface area contributed by atoms with Crippen molar-refractivity contribution in [3.63, 3.8) is 0 Å². The summed E-state index contributed by atoms with van der Waals surface area (Å²) in [6, 6.07) is 0. The highest BCUT2D eigenvalue weighted by molar-refractivity contribution is 7.45. The third-order valence-electron chi connectivity index (χ3n) is 3.67. The highest BCUT2D eigenvalue weighted by Crippen LogP contribution is 2.37. The zero-order chi connectivity index (χ0) is 19.0. The number of nitrogens with zero attached hydrogens (tertiary/aromatic N) is 2. The first kappa shape index (κ1) is 24.3. The lowest BCUT2D eigenvalue weighted by atomic mass is 10.1. The molecule has 0 fully saturated rings. The number of hydrogen-bond acceptors (Lipinski definition) is 4. The number of phosphoric ester groups is 1. The monoisotopic (exact) mass is 376 g/mol. The van der Waals surface area contributed by atoms with Crippen molar-refractivity contribution in [2.75, 3.05) is 13.2 Å². The average Bonchev–Trinajstić information content (AvgIpc) is 2.96. The van der Waals surface area contributed by atoms with E-state index in [0.717, 1.165) is 0 Å². The van der Waals surface area contributed by atoms with E-state index in [9.17, 15) is 9.46 Å². The zero-order valence-electron chi connectivity index (χ0n) is 16.5. The summed E-state index contributed by atoms with van der Waals surface area (Å²) < 4.78 is 23.3. The maximum atomic E-state index is 10.4. The predicted molar refractivity (Wildman–Crippen MR) is 99.1 cm³/mol. The molecular formula is C18H37N2O4P. The van der Waals surface area contributed by atoms with Gasteiger partial charge in [-0.2, -0.15) is 0 Å². The molecule has 0 radical (unpaired) electrons. The van der Waals surface area contributed by atoms with Gasteiger partial charge >= 0.3 is 0 Å². The maximum Gasteiger partial charge on any atom is 0.267 e. The number of rotatable bonds is 13. The van der Waals surface area contributed by atoms with Gasteiger partial charge in [0.25, 0.3) is 7.82 Å². The third kappa shape index (κ3) is 15.3. The number of unbranched alkanes of at least 4 members (excludes halogenated alkanes) is 7. The van der Waals surface area contributed by atoms with Crippen LogP contribution in [0.25, 0.3) is 0 Å². The molecule has 1 rings (SSSR count). The Morgan fingerprint density at radius 2 is 1.48 bits per heavy atom. The van der Waals surface area contributed by atoms with Gasteiger partial charge in [0.05, 0.1) is 26.8 Å². The number of phosphoric acid groups is 1. The van der Waals surface area contributed by atoms with Gasteiger partial charge in [-0.1, -0.05) is 45.4 Å². The van der Waals surface area contributed by atoms with Crippen LogP contribution in [0.2, 0.25) is 0 Å². The Bertz CT molecular complexity index is 456. The number of aromatic nitrogens is 2. The van der Waals surface area contributed by atoms with E-state index < -0.39 is 7.82 Å². The van der Waals surface area contributed by atoms with Crippen molar-refractivity contribution >= 4 is 7.82 Å². The van der Waals surface area contributed by atoms with E-state index in [4.69, 9.17) is 0 Å². The van der Waals surface area contributed by atoms with Gasteiger partial charge in [-0.15, -0.1) is 0 Å². The fourth-order valence-corrected chi connectivity index (χ4v) is 3.12. The molecule has 1 aromatic rings. The van der Waals surface area contributed by atoms with Gasteiger partial charge in [-0.25, -0.2) is 9.13 Å². The molecule has 0 aliphatic carbocycles. The van der Waals surface area contributed by atoms with Crippen molar-refractivity contribution in [1.82, 2.24) is 4.57 Å². The largest absolute Gasteiger partial charge is 0.756 e. The highest BCUT2D eigenvalue weighted by atomic mass is 31.2. The Hall–Kier alpha value is -0.680. The Kier molecular flexibility index (Phi) is 15.1. The van der Waals surface area contributed by atoms with Gasteiger partial charge in [0.15, 0.2) is 0 Å². The number of hydrogen-bond donors (Lipinski definition) is 0. The summed E-state index contributed by atoms with van der Waals surface area (Å²) in [6.45, 7) is 6.88. The molecule has 25 heavy (non-hydrogen) atoms. The first-order valence-electron chi connectivity index (χ1n) is 9.56. The van der Waals surface area contributed by atoms with Crippen molar-refractivity contribution < 1.29 is 23.1 Å². The molecule has 1 heterocycles. The SMILES string of the molecule is CCCCCCCCCC[n+]1ccn(C)c1.CCOP(=O)([O-])OCC. The lowest BCUT2D eigenvalue weighted by molar-refractivity contribution is -0.696. The van der Waals surface area contributed by atoms with Gasteiger partial charge < -0.3 is 13.9 Å². The normalized spacial score (nSPS) is 11.2. The van der Waals surface area contributed by atoms with E-state index >= 15 is 0 Å². The molecule has 0 atom stereocenters. The van der Waals surface area contributed by atoms with Gasteiger partial charge in [0.1, 0.15) is 12.4 Å². The number of imidazole rings is 1. The molecule has 0 N–H and O–H groups in total. The first-order valence-corrected chi connectivity index (χ1v) is 11.0. The molecule has 7 heteroatoms. The molecule has 0 aliphatic rings. The van der Waals surface area contributed by atoms with Gasteiger partial charge in [0, 0.05) is 0 Å². The Labute approximate surface area is 153 Å². The van der Waals surface area contributed by atoms with Crippen molar-refractivity contribution in [2.45, 2.75) is 78.7 Å². The first-order chi connectivity index (χ1) is 11.9. The second kappa shape index (κ2) is 15.6. The quantitative estimate of drug-likeness (QED) is 0.297. The predicted octanol–water partition coefficient (Wildman–Crippen LogP) is 3.98. The summed E-state index contributed by atoms with van der Waals surface area (Å²) in [5.74, 6) is 0.